The Morgan fingerprint density at radius 1 is 1.08 bits per heavy atom. The van der Waals surface area contributed by atoms with Gasteiger partial charge in [0.25, 0.3) is 5.91 Å². The number of fused-ring (bicyclic) bond motifs is 1. The number of amides is 2. The Bertz CT molecular complexity index is 1500. The largest absolute Gasteiger partial charge is 0.486 e. The average molecular weight is 548 g/mol. The molecule has 3 aromatic carbocycles. The standard InChI is InChI=1S/C30H27F2N3O3S/c1-18(2)30(37)35-13-12-19-6-11-24(15-25(19)28(35)20-4-3-5-22(32)14-20)38-16-27-34-26(17-39-27)29(36)33-23-9-7-21(31)8-10-23/h3-11,14-15,17-18,28H,12-13,16H2,1-2H3,(H,33,36)/t28-/m0/s1. The lowest BCUT2D eigenvalue weighted by atomic mass is 9.87. The van der Waals surface area contributed by atoms with Gasteiger partial charge in [0.15, 0.2) is 0 Å². The van der Waals surface area contributed by atoms with Gasteiger partial charge in [0, 0.05) is 23.5 Å². The molecule has 4 aromatic rings. The maximum absolute atomic E-state index is 14.2. The molecule has 2 amide bonds. The number of halogens is 2. The molecule has 0 spiro atoms. The molecule has 0 saturated heterocycles. The van der Waals surface area contributed by atoms with Crippen molar-refractivity contribution < 1.29 is 23.1 Å². The van der Waals surface area contributed by atoms with Gasteiger partial charge in [-0.2, -0.15) is 0 Å². The highest BCUT2D eigenvalue weighted by Crippen LogP contribution is 2.38. The number of carbonyl (C=O) groups excluding carboxylic acids is 2. The van der Waals surface area contributed by atoms with Gasteiger partial charge >= 0.3 is 0 Å². The van der Waals surface area contributed by atoms with Gasteiger partial charge in [-0.15, -0.1) is 11.3 Å². The maximum atomic E-state index is 14.2. The Labute approximate surface area is 229 Å². The summed E-state index contributed by atoms with van der Waals surface area (Å²) in [6.45, 7) is 4.42. The van der Waals surface area contributed by atoms with Crippen LogP contribution in [-0.4, -0.2) is 28.2 Å². The third-order valence-corrected chi connectivity index (χ3v) is 7.36. The topological polar surface area (TPSA) is 71.5 Å². The first kappa shape index (κ1) is 26.5. The van der Waals surface area contributed by atoms with Crippen LogP contribution < -0.4 is 10.1 Å². The van der Waals surface area contributed by atoms with Crippen LogP contribution in [0.15, 0.2) is 72.1 Å². The summed E-state index contributed by atoms with van der Waals surface area (Å²) in [6.07, 6.45) is 0.693. The number of benzene rings is 3. The minimum absolute atomic E-state index is 0.00969. The van der Waals surface area contributed by atoms with Crippen LogP contribution in [0.1, 0.15) is 52.1 Å². The van der Waals surface area contributed by atoms with Crippen molar-refractivity contribution >= 4 is 28.8 Å². The molecular formula is C30H27F2N3O3S. The van der Waals surface area contributed by atoms with Gasteiger partial charge in [-0.3, -0.25) is 9.59 Å². The number of carbonyl (C=O) groups is 2. The number of nitrogens with zero attached hydrogens (tertiary/aromatic N) is 2. The molecule has 2 heterocycles. The van der Waals surface area contributed by atoms with E-state index in [0.29, 0.717) is 35.0 Å². The molecule has 9 heteroatoms. The van der Waals surface area contributed by atoms with Gasteiger partial charge in [0.2, 0.25) is 5.91 Å². The van der Waals surface area contributed by atoms with E-state index in [4.69, 9.17) is 4.74 Å². The maximum Gasteiger partial charge on any atom is 0.275 e. The number of hydrogen-bond acceptors (Lipinski definition) is 5. The Morgan fingerprint density at radius 3 is 2.62 bits per heavy atom. The van der Waals surface area contributed by atoms with E-state index < -0.39 is 11.9 Å². The molecule has 1 aliphatic heterocycles. The van der Waals surface area contributed by atoms with Crippen molar-refractivity contribution in [1.82, 2.24) is 9.88 Å². The molecule has 0 aliphatic carbocycles. The number of ether oxygens (including phenoxy) is 1. The summed E-state index contributed by atoms with van der Waals surface area (Å²) in [5, 5.41) is 4.94. The Morgan fingerprint density at radius 2 is 1.87 bits per heavy atom. The normalized spacial score (nSPS) is 14.7. The van der Waals surface area contributed by atoms with Crippen molar-refractivity contribution in [2.45, 2.75) is 32.9 Å². The first-order chi connectivity index (χ1) is 18.8. The lowest BCUT2D eigenvalue weighted by molar-refractivity contribution is -0.136. The van der Waals surface area contributed by atoms with Crippen molar-refractivity contribution in [2.24, 2.45) is 5.92 Å². The summed E-state index contributed by atoms with van der Waals surface area (Å²) in [4.78, 5) is 31.8. The van der Waals surface area contributed by atoms with Crippen molar-refractivity contribution in [2.75, 3.05) is 11.9 Å². The van der Waals surface area contributed by atoms with Gasteiger partial charge in [0.1, 0.15) is 34.7 Å². The first-order valence-corrected chi connectivity index (χ1v) is 13.5. The van der Waals surface area contributed by atoms with Crippen LogP contribution in [0.2, 0.25) is 0 Å². The fraction of sp³-hybridized carbons (Fsp3) is 0.233. The molecule has 1 aromatic heterocycles. The SMILES string of the molecule is CC(C)C(=O)N1CCc2ccc(OCc3nc(C(=O)Nc4ccc(F)cc4)cs3)cc2[C@@H]1c1cccc(F)c1. The molecule has 1 atom stereocenters. The molecule has 0 bridgehead atoms. The van der Waals surface area contributed by atoms with Crippen molar-refractivity contribution in [1.29, 1.82) is 0 Å². The van der Waals surface area contributed by atoms with E-state index in [-0.39, 0.29) is 35.8 Å². The Balaban J connectivity index is 1.34. The molecule has 6 nitrogen and oxygen atoms in total. The van der Waals surface area contributed by atoms with Crippen LogP contribution in [0, 0.1) is 17.6 Å². The zero-order valence-corrected chi connectivity index (χ0v) is 22.3. The number of anilines is 1. The zero-order chi connectivity index (χ0) is 27.5. The van der Waals surface area contributed by atoms with Crippen molar-refractivity contribution in [3.05, 3.63) is 111 Å². The molecular weight excluding hydrogens is 520 g/mol. The fourth-order valence-corrected chi connectivity index (χ4v) is 5.33. The molecule has 5 rings (SSSR count). The summed E-state index contributed by atoms with van der Waals surface area (Å²) >= 11 is 1.29. The second-order valence-electron chi connectivity index (χ2n) is 9.63. The number of aromatic nitrogens is 1. The van der Waals surface area contributed by atoms with E-state index in [1.54, 1.807) is 11.4 Å². The Kier molecular flexibility index (Phi) is 7.70. The van der Waals surface area contributed by atoms with Crippen LogP contribution in [0.25, 0.3) is 0 Å². The van der Waals surface area contributed by atoms with Gasteiger partial charge in [-0.1, -0.05) is 32.0 Å². The minimum atomic E-state index is -0.426. The van der Waals surface area contributed by atoms with E-state index in [1.165, 1.54) is 47.7 Å². The molecule has 0 radical (unpaired) electrons. The highest BCUT2D eigenvalue weighted by Gasteiger charge is 2.33. The summed E-state index contributed by atoms with van der Waals surface area (Å²) in [5.41, 5.74) is 3.40. The van der Waals surface area contributed by atoms with Gasteiger partial charge < -0.3 is 15.0 Å². The highest BCUT2D eigenvalue weighted by atomic mass is 32.1. The summed E-state index contributed by atoms with van der Waals surface area (Å²) in [7, 11) is 0. The van der Waals surface area contributed by atoms with Crippen LogP contribution in [-0.2, 0) is 17.8 Å². The predicted octanol–water partition coefficient (Wildman–Crippen LogP) is 6.38. The summed E-state index contributed by atoms with van der Waals surface area (Å²) in [5.74, 6) is -0.735. The average Bonchev–Trinajstić information content (AvgIpc) is 3.41. The van der Waals surface area contributed by atoms with E-state index in [1.807, 2.05) is 43.0 Å². The molecule has 1 N–H and O–H groups in total. The number of rotatable bonds is 7. The second kappa shape index (κ2) is 11.3. The van der Waals surface area contributed by atoms with E-state index in [0.717, 1.165) is 11.1 Å². The monoisotopic (exact) mass is 547 g/mol. The molecule has 0 unspecified atom stereocenters. The summed E-state index contributed by atoms with van der Waals surface area (Å²) < 4.78 is 33.3. The molecule has 39 heavy (non-hydrogen) atoms. The van der Waals surface area contributed by atoms with Crippen LogP contribution in [0.5, 0.6) is 5.75 Å². The third kappa shape index (κ3) is 5.98. The van der Waals surface area contributed by atoms with E-state index >= 15 is 0 Å². The molecule has 200 valence electrons. The quantitative estimate of drug-likeness (QED) is 0.291. The lowest BCUT2D eigenvalue weighted by Crippen LogP contribution is -2.42. The highest BCUT2D eigenvalue weighted by molar-refractivity contribution is 7.09. The first-order valence-electron chi connectivity index (χ1n) is 12.6. The van der Waals surface area contributed by atoms with Crippen molar-refractivity contribution in [3.8, 4) is 5.75 Å². The van der Waals surface area contributed by atoms with E-state index in [2.05, 4.69) is 10.3 Å². The van der Waals surface area contributed by atoms with Crippen LogP contribution in [0.3, 0.4) is 0 Å². The smallest absolute Gasteiger partial charge is 0.275 e. The number of thiazole rings is 1. The van der Waals surface area contributed by atoms with Crippen LogP contribution >= 0.6 is 11.3 Å². The molecule has 0 fully saturated rings. The minimum Gasteiger partial charge on any atom is -0.486 e. The van der Waals surface area contributed by atoms with Gasteiger partial charge in [0.05, 0.1) is 6.04 Å². The molecule has 1 aliphatic rings. The number of hydrogen-bond donors (Lipinski definition) is 1. The third-order valence-electron chi connectivity index (χ3n) is 6.54. The van der Waals surface area contributed by atoms with E-state index in [9.17, 15) is 18.4 Å². The van der Waals surface area contributed by atoms with Crippen LogP contribution in [0.4, 0.5) is 14.5 Å². The lowest BCUT2D eigenvalue weighted by Gasteiger charge is -2.39. The number of nitrogens with one attached hydrogen (secondary N) is 1. The molecule has 0 saturated carbocycles. The van der Waals surface area contributed by atoms with Gasteiger partial charge in [-0.25, -0.2) is 13.8 Å². The summed E-state index contributed by atoms with van der Waals surface area (Å²) in [6, 6.07) is 17.2. The fourth-order valence-electron chi connectivity index (χ4n) is 4.64. The van der Waals surface area contributed by atoms with Crippen molar-refractivity contribution in [3.63, 3.8) is 0 Å². The predicted molar refractivity (Wildman–Crippen MR) is 146 cm³/mol. The second-order valence-corrected chi connectivity index (χ2v) is 10.6. The Hall–Kier alpha value is -4.11. The van der Waals surface area contributed by atoms with Gasteiger partial charge in [-0.05, 0) is 71.6 Å². The zero-order valence-electron chi connectivity index (χ0n) is 21.5.